The lowest BCUT2D eigenvalue weighted by atomic mass is 10.00. The van der Waals surface area contributed by atoms with Gasteiger partial charge in [0.1, 0.15) is 6.61 Å². The second kappa shape index (κ2) is 6.45. The van der Waals surface area contributed by atoms with Crippen molar-refractivity contribution >= 4 is 0 Å². The normalized spacial score (nSPS) is 20.2. The summed E-state index contributed by atoms with van der Waals surface area (Å²) in [6.07, 6.45) is 0.814. The fourth-order valence-electron chi connectivity index (χ4n) is 2.17. The Bertz CT molecular complexity index is 190. The van der Waals surface area contributed by atoms with Crippen LogP contribution in [0.3, 0.4) is 0 Å². The Morgan fingerprint density at radius 3 is 2.50 bits per heavy atom. The van der Waals surface area contributed by atoms with Crippen LogP contribution in [0.5, 0.6) is 0 Å². The summed E-state index contributed by atoms with van der Waals surface area (Å²) in [7, 11) is 0. The van der Waals surface area contributed by atoms with Crippen molar-refractivity contribution in [3.63, 3.8) is 0 Å². The predicted octanol–water partition coefficient (Wildman–Crippen LogP) is 2.73. The van der Waals surface area contributed by atoms with E-state index in [0.717, 1.165) is 0 Å². The third-order valence-electron chi connectivity index (χ3n) is 3.09. The van der Waals surface area contributed by atoms with Gasteiger partial charge in [-0.1, -0.05) is 12.8 Å². The van der Waals surface area contributed by atoms with Gasteiger partial charge in [-0.15, -0.1) is 0 Å². The van der Waals surface area contributed by atoms with Crippen molar-refractivity contribution in [3.05, 3.63) is 0 Å². The van der Waals surface area contributed by atoms with Crippen molar-refractivity contribution in [1.82, 2.24) is 5.32 Å². The summed E-state index contributed by atoms with van der Waals surface area (Å²) < 4.78 is 39.7. The Kier molecular flexibility index (Phi) is 5.55. The minimum atomic E-state index is -4.21. The summed E-state index contributed by atoms with van der Waals surface area (Å²) in [5.74, 6) is 0.683. The molecule has 0 heterocycles. The van der Waals surface area contributed by atoms with Crippen LogP contribution in [0.1, 0.15) is 32.6 Å². The van der Waals surface area contributed by atoms with Crippen LogP contribution in [-0.4, -0.2) is 32.0 Å². The number of alkyl halides is 3. The maximum Gasteiger partial charge on any atom is 0.411 e. The summed E-state index contributed by atoms with van der Waals surface area (Å²) in [5, 5.41) is 3.22. The first-order valence-electron chi connectivity index (χ1n) is 5.87. The SMILES string of the molecule is C[C@@H](NCCOCC(F)(F)F)C1CCCC1. The molecule has 0 aromatic carbocycles. The van der Waals surface area contributed by atoms with Crippen molar-refractivity contribution in [2.45, 2.75) is 44.8 Å². The number of hydrogen-bond acceptors (Lipinski definition) is 2. The molecule has 0 saturated heterocycles. The standard InChI is InChI=1S/C11H20F3NO/c1-9(10-4-2-3-5-10)15-6-7-16-8-11(12,13)14/h9-10,15H,2-8H2,1H3/t9-/m1/s1. The monoisotopic (exact) mass is 239 g/mol. The first-order valence-corrected chi connectivity index (χ1v) is 5.87. The molecular formula is C11H20F3NO. The van der Waals surface area contributed by atoms with E-state index < -0.39 is 12.8 Å². The lowest BCUT2D eigenvalue weighted by Crippen LogP contribution is -2.35. The van der Waals surface area contributed by atoms with Crippen molar-refractivity contribution in [3.8, 4) is 0 Å². The van der Waals surface area contributed by atoms with Gasteiger partial charge in [-0.2, -0.15) is 13.2 Å². The highest BCUT2D eigenvalue weighted by Gasteiger charge is 2.27. The van der Waals surface area contributed by atoms with Crippen molar-refractivity contribution in [2.75, 3.05) is 19.8 Å². The van der Waals surface area contributed by atoms with Crippen LogP contribution in [0, 0.1) is 5.92 Å². The topological polar surface area (TPSA) is 21.3 Å². The van der Waals surface area contributed by atoms with Gasteiger partial charge in [-0.25, -0.2) is 0 Å². The Hall–Kier alpha value is -0.290. The van der Waals surface area contributed by atoms with Gasteiger partial charge < -0.3 is 10.1 Å². The Morgan fingerprint density at radius 2 is 1.94 bits per heavy atom. The van der Waals surface area contributed by atoms with Crippen molar-refractivity contribution in [2.24, 2.45) is 5.92 Å². The zero-order valence-corrected chi connectivity index (χ0v) is 9.65. The third-order valence-corrected chi connectivity index (χ3v) is 3.09. The molecule has 1 rings (SSSR count). The highest BCUT2D eigenvalue weighted by Crippen LogP contribution is 2.27. The molecule has 0 unspecified atom stereocenters. The highest BCUT2D eigenvalue weighted by molar-refractivity contribution is 4.76. The Morgan fingerprint density at radius 1 is 1.31 bits per heavy atom. The molecule has 1 saturated carbocycles. The number of nitrogens with one attached hydrogen (secondary N) is 1. The van der Waals surface area contributed by atoms with E-state index in [1.807, 2.05) is 0 Å². The molecule has 0 aliphatic heterocycles. The third kappa shape index (κ3) is 5.70. The summed E-state index contributed by atoms with van der Waals surface area (Å²) >= 11 is 0. The fourth-order valence-corrected chi connectivity index (χ4v) is 2.17. The van der Waals surface area contributed by atoms with Gasteiger partial charge in [0.2, 0.25) is 0 Å². The molecule has 0 bridgehead atoms. The van der Waals surface area contributed by atoms with Gasteiger partial charge in [0.25, 0.3) is 0 Å². The van der Waals surface area contributed by atoms with Crippen LogP contribution in [0.25, 0.3) is 0 Å². The highest BCUT2D eigenvalue weighted by atomic mass is 19.4. The molecule has 0 aromatic heterocycles. The molecule has 0 aromatic rings. The van der Waals surface area contributed by atoms with Gasteiger partial charge in [0.05, 0.1) is 6.61 Å². The van der Waals surface area contributed by atoms with E-state index in [9.17, 15) is 13.2 Å². The van der Waals surface area contributed by atoms with Crippen LogP contribution < -0.4 is 5.32 Å². The molecule has 1 atom stereocenters. The van der Waals surface area contributed by atoms with Gasteiger partial charge in [-0.05, 0) is 25.7 Å². The molecule has 0 radical (unpaired) electrons. The second-order valence-electron chi connectivity index (χ2n) is 4.46. The van der Waals surface area contributed by atoms with Crippen LogP contribution >= 0.6 is 0 Å². The number of halogens is 3. The first-order chi connectivity index (χ1) is 7.49. The summed E-state index contributed by atoms with van der Waals surface area (Å²) in [6.45, 7) is 1.57. The summed E-state index contributed by atoms with van der Waals surface area (Å²) in [6, 6.07) is 0.386. The maximum atomic E-state index is 11.7. The average molecular weight is 239 g/mol. The zero-order valence-electron chi connectivity index (χ0n) is 9.65. The van der Waals surface area contributed by atoms with Gasteiger partial charge in [0, 0.05) is 12.6 Å². The minimum Gasteiger partial charge on any atom is -0.371 e. The molecule has 96 valence electrons. The van der Waals surface area contributed by atoms with Gasteiger partial charge in [0.15, 0.2) is 0 Å². The Balaban J connectivity index is 1.98. The summed E-state index contributed by atoms with van der Waals surface area (Å²) in [5.41, 5.74) is 0. The summed E-state index contributed by atoms with van der Waals surface area (Å²) in [4.78, 5) is 0. The van der Waals surface area contributed by atoms with E-state index in [1.54, 1.807) is 0 Å². The molecule has 1 aliphatic carbocycles. The van der Waals surface area contributed by atoms with Crippen LogP contribution in [0.15, 0.2) is 0 Å². The minimum absolute atomic E-state index is 0.122. The van der Waals surface area contributed by atoms with E-state index in [1.165, 1.54) is 25.7 Å². The van der Waals surface area contributed by atoms with Crippen LogP contribution in [-0.2, 0) is 4.74 Å². The van der Waals surface area contributed by atoms with Crippen molar-refractivity contribution < 1.29 is 17.9 Å². The van der Waals surface area contributed by atoms with E-state index in [-0.39, 0.29) is 6.61 Å². The van der Waals surface area contributed by atoms with E-state index in [4.69, 9.17) is 0 Å². The molecule has 0 spiro atoms. The van der Waals surface area contributed by atoms with Gasteiger partial charge >= 0.3 is 6.18 Å². The van der Waals surface area contributed by atoms with Crippen molar-refractivity contribution in [1.29, 1.82) is 0 Å². The lowest BCUT2D eigenvalue weighted by molar-refractivity contribution is -0.173. The molecule has 0 amide bonds. The molecule has 1 aliphatic rings. The molecule has 16 heavy (non-hydrogen) atoms. The van der Waals surface area contributed by atoms with E-state index >= 15 is 0 Å². The first kappa shape index (κ1) is 13.8. The number of rotatable bonds is 6. The van der Waals surface area contributed by atoms with Crippen LogP contribution in [0.2, 0.25) is 0 Å². The number of hydrogen-bond donors (Lipinski definition) is 1. The molecule has 1 N–H and O–H groups in total. The molecular weight excluding hydrogens is 219 g/mol. The largest absolute Gasteiger partial charge is 0.411 e. The van der Waals surface area contributed by atoms with Gasteiger partial charge in [-0.3, -0.25) is 0 Å². The number of ether oxygens (including phenoxy) is 1. The maximum absolute atomic E-state index is 11.7. The van der Waals surface area contributed by atoms with Crippen LogP contribution in [0.4, 0.5) is 13.2 Å². The average Bonchev–Trinajstić information content (AvgIpc) is 2.67. The predicted molar refractivity (Wildman–Crippen MR) is 56.3 cm³/mol. The quantitative estimate of drug-likeness (QED) is 0.720. The smallest absolute Gasteiger partial charge is 0.371 e. The molecule has 2 nitrogen and oxygen atoms in total. The second-order valence-corrected chi connectivity index (χ2v) is 4.46. The lowest BCUT2D eigenvalue weighted by Gasteiger charge is -2.20. The molecule has 5 heteroatoms. The van der Waals surface area contributed by atoms with E-state index in [0.29, 0.717) is 18.5 Å². The Labute approximate surface area is 94.5 Å². The molecule has 1 fully saturated rings. The van der Waals surface area contributed by atoms with E-state index in [2.05, 4.69) is 17.0 Å². The fraction of sp³-hybridized carbons (Fsp3) is 1.00. The zero-order chi connectivity index (χ0) is 12.0.